The van der Waals surface area contributed by atoms with Crippen LogP contribution >= 0.6 is 0 Å². The molecular formula is C13H19N3O3. The summed E-state index contributed by atoms with van der Waals surface area (Å²) in [7, 11) is 0. The third kappa shape index (κ3) is 3.94. The zero-order valence-electron chi connectivity index (χ0n) is 11.2. The third-order valence-electron chi connectivity index (χ3n) is 3.20. The summed E-state index contributed by atoms with van der Waals surface area (Å²) in [4.78, 5) is 22.1. The minimum absolute atomic E-state index is 0.0570. The molecule has 0 saturated carbocycles. The second-order valence-electron chi connectivity index (χ2n) is 4.42. The maximum absolute atomic E-state index is 11.9. The van der Waals surface area contributed by atoms with E-state index in [9.17, 15) is 14.9 Å². The van der Waals surface area contributed by atoms with Gasteiger partial charge in [0.1, 0.15) is 5.69 Å². The summed E-state index contributed by atoms with van der Waals surface area (Å²) in [5.74, 6) is 0.114. The molecule has 0 saturated heterocycles. The number of nitrogens with zero attached hydrogens (tertiary/aromatic N) is 1. The summed E-state index contributed by atoms with van der Waals surface area (Å²) in [5, 5.41) is 13.5. The van der Waals surface area contributed by atoms with Gasteiger partial charge in [-0.15, -0.1) is 0 Å². The standard InChI is InChI=1S/C13H19N3O3/c1-3-9(4-2)8-15-13(17)10-5-6-11(14)12(7-10)16(18)19/h5-7,9H,3-4,8,14H2,1-2H3,(H,15,17). The SMILES string of the molecule is CCC(CC)CNC(=O)c1ccc(N)c([N+](=O)[O-])c1. The van der Waals surface area contributed by atoms with Gasteiger partial charge in [0.05, 0.1) is 4.92 Å². The minimum atomic E-state index is -0.590. The molecule has 1 rings (SSSR count). The molecule has 0 aliphatic heterocycles. The van der Waals surface area contributed by atoms with Crippen LogP contribution in [0.25, 0.3) is 0 Å². The Balaban J connectivity index is 2.77. The number of amides is 1. The van der Waals surface area contributed by atoms with Gasteiger partial charge in [-0.1, -0.05) is 26.7 Å². The number of benzene rings is 1. The second kappa shape index (κ2) is 6.72. The summed E-state index contributed by atoms with van der Waals surface area (Å²) in [6.07, 6.45) is 1.97. The number of nitrogens with two attached hydrogens (primary N) is 1. The fourth-order valence-corrected chi connectivity index (χ4v) is 1.76. The molecule has 1 aromatic carbocycles. The van der Waals surface area contributed by atoms with Gasteiger partial charge in [0.2, 0.25) is 0 Å². The van der Waals surface area contributed by atoms with Crippen molar-refractivity contribution in [2.75, 3.05) is 12.3 Å². The van der Waals surface area contributed by atoms with Crippen molar-refractivity contribution in [3.8, 4) is 0 Å². The predicted molar refractivity (Wildman–Crippen MR) is 73.9 cm³/mol. The lowest BCUT2D eigenvalue weighted by Crippen LogP contribution is -2.28. The first-order chi connectivity index (χ1) is 8.99. The molecule has 0 heterocycles. The molecule has 0 atom stereocenters. The first-order valence-corrected chi connectivity index (χ1v) is 6.31. The Kier molecular flexibility index (Phi) is 5.29. The highest BCUT2D eigenvalue weighted by Gasteiger charge is 2.16. The topological polar surface area (TPSA) is 98.3 Å². The summed E-state index contributed by atoms with van der Waals surface area (Å²) >= 11 is 0. The molecular weight excluding hydrogens is 246 g/mol. The van der Waals surface area contributed by atoms with Crippen molar-refractivity contribution < 1.29 is 9.72 Å². The largest absolute Gasteiger partial charge is 0.393 e. The fraction of sp³-hybridized carbons (Fsp3) is 0.462. The van der Waals surface area contributed by atoms with Crippen LogP contribution < -0.4 is 11.1 Å². The van der Waals surface area contributed by atoms with Crippen molar-refractivity contribution in [3.05, 3.63) is 33.9 Å². The fourth-order valence-electron chi connectivity index (χ4n) is 1.76. The average Bonchev–Trinajstić information content (AvgIpc) is 2.39. The van der Waals surface area contributed by atoms with Gasteiger partial charge in [-0.05, 0) is 18.1 Å². The number of nitrogen functional groups attached to an aromatic ring is 1. The number of nitro groups is 1. The molecule has 1 amide bonds. The van der Waals surface area contributed by atoms with E-state index >= 15 is 0 Å². The Hall–Kier alpha value is -2.11. The minimum Gasteiger partial charge on any atom is -0.393 e. The van der Waals surface area contributed by atoms with Gasteiger partial charge in [-0.2, -0.15) is 0 Å². The lowest BCUT2D eigenvalue weighted by atomic mass is 10.0. The van der Waals surface area contributed by atoms with Crippen LogP contribution in [0.2, 0.25) is 0 Å². The van der Waals surface area contributed by atoms with Gasteiger partial charge in [0.15, 0.2) is 0 Å². The van der Waals surface area contributed by atoms with Crippen LogP contribution in [-0.2, 0) is 0 Å². The van der Waals surface area contributed by atoms with Crippen LogP contribution in [0.3, 0.4) is 0 Å². The zero-order chi connectivity index (χ0) is 14.4. The number of nitro benzene ring substituents is 1. The van der Waals surface area contributed by atoms with Crippen LogP contribution in [0.15, 0.2) is 18.2 Å². The summed E-state index contributed by atoms with van der Waals surface area (Å²) < 4.78 is 0. The molecule has 104 valence electrons. The number of hydrogen-bond donors (Lipinski definition) is 2. The zero-order valence-corrected chi connectivity index (χ0v) is 11.2. The van der Waals surface area contributed by atoms with E-state index in [0.717, 1.165) is 12.8 Å². The van der Waals surface area contributed by atoms with E-state index < -0.39 is 4.92 Å². The van der Waals surface area contributed by atoms with Crippen molar-refractivity contribution in [2.24, 2.45) is 5.92 Å². The van der Waals surface area contributed by atoms with Gasteiger partial charge >= 0.3 is 0 Å². The average molecular weight is 265 g/mol. The second-order valence-corrected chi connectivity index (χ2v) is 4.42. The molecule has 0 aromatic heterocycles. The van der Waals surface area contributed by atoms with E-state index in [2.05, 4.69) is 19.2 Å². The molecule has 1 aromatic rings. The molecule has 3 N–H and O–H groups in total. The summed E-state index contributed by atoms with van der Waals surface area (Å²) in [6, 6.07) is 4.08. The Labute approximate surface area is 112 Å². The van der Waals surface area contributed by atoms with Crippen LogP contribution in [-0.4, -0.2) is 17.4 Å². The molecule has 0 aliphatic rings. The summed E-state index contributed by atoms with van der Waals surface area (Å²) in [6.45, 7) is 4.70. The van der Waals surface area contributed by atoms with Gasteiger partial charge < -0.3 is 11.1 Å². The normalized spacial score (nSPS) is 10.5. The third-order valence-corrected chi connectivity index (χ3v) is 3.20. The highest BCUT2D eigenvalue weighted by atomic mass is 16.6. The van der Waals surface area contributed by atoms with Crippen molar-refractivity contribution in [3.63, 3.8) is 0 Å². The number of anilines is 1. The highest BCUT2D eigenvalue weighted by Crippen LogP contribution is 2.22. The molecule has 0 radical (unpaired) electrons. The van der Waals surface area contributed by atoms with Crippen LogP contribution in [0.5, 0.6) is 0 Å². The van der Waals surface area contributed by atoms with Gasteiger partial charge in [-0.25, -0.2) is 0 Å². The predicted octanol–water partition coefficient (Wildman–Crippen LogP) is 2.34. The highest BCUT2D eigenvalue weighted by molar-refractivity contribution is 5.95. The Morgan fingerprint density at radius 1 is 1.42 bits per heavy atom. The maximum atomic E-state index is 11.9. The smallest absolute Gasteiger partial charge is 0.292 e. The monoisotopic (exact) mass is 265 g/mol. The van der Waals surface area contributed by atoms with E-state index in [1.54, 1.807) is 0 Å². The Bertz CT molecular complexity index is 470. The van der Waals surface area contributed by atoms with Gasteiger partial charge in [0, 0.05) is 18.2 Å². The molecule has 0 aliphatic carbocycles. The van der Waals surface area contributed by atoms with Crippen LogP contribution in [0.1, 0.15) is 37.0 Å². The number of carbonyl (C=O) groups excluding carboxylic acids is 1. The number of nitrogens with one attached hydrogen (secondary N) is 1. The quantitative estimate of drug-likeness (QED) is 0.468. The number of rotatable bonds is 6. The lowest BCUT2D eigenvalue weighted by Gasteiger charge is -2.13. The number of carbonyl (C=O) groups is 1. The van der Waals surface area contributed by atoms with E-state index in [1.165, 1.54) is 18.2 Å². The number of hydrogen-bond acceptors (Lipinski definition) is 4. The van der Waals surface area contributed by atoms with Gasteiger partial charge in [-0.3, -0.25) is 14.9 Å². The molecule has 0 bridgehead atoms. The molecule has 0 unspecified atom stereocenters. The molecule has 6 nitrogen and oxygen atoms in total. The van der Waals surface area contributed by atoms with Crippen molar-refractivity contribution >= 4 is 17.3 Å². The molecule has 6 heteroatoms. The first-order valence-electron chi connectivity index (χ1n) is 6.31. The maximum Gasteiger partial charge on any atom is 0.292 e. The first kappa shape index (κ1) is 14.9. The summed E-state index contributed by atoms with van der Waals surface area (Å²) in [5.41, 5.74) is 5.56. The van der Waals surface area contributed by atoms with Crippen LogP contribution in [0.4, 0.5) is 11.4 Å². The lowest BCUT2D eigenvalue weighted by molar-refractivity contribution is -0.383. The molecule has 0 fully saturated rings. The van der Waals surface area contributed by atoms with Crippen molar-refractivity contribution in [1.29, 1.82) is 0 Å². The van der Waals surface area contributed by atoms with Crippen molar-refractivity contribution in [1.82, 2.24) is 5.32 Å². The van der Waals surface area contributed by atoms with Gasteiger partial charge in [0.25, 0.3) is 11.6 Å². The van der Waals surface area contributed by atoms with E-state index in [0.29, 0.717) is 12.5 Å². The van der Waals surface area contributed by atoms with Crippen molar-refractivity contribution in [2.45, 2.75) is 26.7 Å². The van der Waals surface area contributed by atoms with E-state index in [-0.39, 0.29) is 22.8 Å². The van der Waals surface area contributed by atoms with Crippen LogP contribution in [0, 0.1) is 16.0 Å². The van der Waals surface area contributed by atoms with E-state index in [1.807, 2.05) is 0 Å². The Morgan fingerprint density at radius 2 is 2.05 bits per heavy atom. The molecule has 19 heavy (non-hydrogen) atoms. The molecule has 0 spiro atoms. The van der Waals surface area contributed by atoms with E-state index in [4.69, 9.17) is 5.73 Å². The Morgan fingerprint density at radius 3 is 2.58 bits per heavy atom.